The van der Waals surface area contributed by atoms with E-state index in [1.165, 1.54) is 6.08 Å². The number of hydrogen-bond acceptors (Lipinski definition) is 6. The van der Waals surface area contributed by atoms with E-state index in [1.807, 2.05) is 54.6 Å². The third-order valence-electron chi connectivity index (χ3n) is 3.84. The zero-order chi connectivity index (χ0) is 20.7. The average molecular weight is 400 g/mol. The summed E-state index contributed by atoms with van der Waals surface area (Å²) in [6.07, 6.45) is 1.77. The number of rotatable bonds is 14. The first-order valence-corrected chi connectivity index (χ1v) is 9.47. The molecular weight excluding hydrogens is 372 g/mol. The van der Waals surface area contributed by atoms with Crippen LogP contribution >= 0.6 is 0 Å². The van der Waals surface area contributed by atoms with Crippen molar-refractivity contribution in [1.29, 1.82) is 0 Å². The second-order valence-electron chi connectivity index (χ2n) is 6.29. The van der Waals surface area contributed by atoms with Gasteiger partial charge in [0.2, 0.25) is 0 Å². The van der Waals surface area contributed by atoms with Crippen molar-refractivity contribution in [2.75, 3.05) is 32.9 Å². The Bertz CT molecular complexity index is 722. The number of ether oxygens (including phenoxy) is 2. The molecule has 7 nitrogen and oxygen atoms in total. The molecule has 7 heteroatoms. The van der Waals surface area contributed by atoms with E-state index < -0.39 is 6.10 Å². The van der Waals surface area contributed by atoms with Crippen LogP contribution in [0.4, 0.5) is 0 Å². The minimum Gasteiger partial charge on any atom is -0.491 e. The van der Waals surface area contributed by atoms with E-state index >= 15 is 0 Å². The summed E-state index contributed by atoms with van der Waals surface area (Å²) in [5.41, 5.74) is 3.38. The third kappa shape index (κ3) is 9.75. The molecule has 0 bridgehead atoms. The number of hydroxylamine groups is 1. The maximum absolute atomic E-state index is 11.5. The molecule has 1 atom stereocenters. The molecule has 2 rings (SSSR count). The summed E-state index contributed by atoms with van der Waals surface area (Å²) < 4.78 is 10.9. The molecule has 0 heterocycles. The summed E-state index contributed by atoms with van der Waals surface area (Å²) in [6.45, 7) is 5.03. The van der Waals surface area contributed by atoms with Gasteiger partial charge in [-0.05, 0) is 42.8 Å². The van der Waals surface area contributed by atoms with E-state index in [0.717, 1.165) is 24.3 Å². The van der Waals surface area contributed by atoms with E-state index in [2.05, 4.69) is 17.4 Å². The van der Waals surface area contributed by atoms with Gasteiger partial charge in [-0.3, -0.25) is 9.63 Å². The molecule has 1 amide bonds. The molecule has 2 aromatic carbocycles. The number of benzene rings is 2. The number of hydrogen-bond donors (Lipinski definition) is 3. The van der Waals surface area contributed by atoms with Gasteiger partial charge in [0.05, 0.1) is 6.61 Å². The molecule has 3 N–H and O–H groups in total. The predicted molar refractivity (Wildman–Crippen MR) is 111 cm³/mol. The SMILES string of the molecule is C=CCONC(=O)COc1ccc(CCNCC(O)COc2ccccc2)cc1. The topological polar surface area (TPSA) is 89.1 Å². The summed E-state index contributed by atoms with van der Waals surface area (Å²) in [4.78, 5) is 16.3. The highest BCUT2D eigenvalue weighted by molar-refractivity contribution is 5.76. The molecule has 0 aliphatic heterocycles. The summed E-state index contributed by atoms with van der Waals surface area (Å²) in [7, 11) is 0. The molecule has 29 heavy (non-hydrogen) atoms. The summed E-state index contributed by atoms with van der Waals surface area (Å²) >= 11 is 0. The standard InChI is InChI=1S/C22H28N2O5/c1-2-14-29-24-22(26)17-28-21-10-8-18(9-11-21)12-13-23-15-19(25)16-27-20-6-4-3-5-7-20/h2-11,19,23,25H,1,12-17H2,(H,24,26). The molecule has 1 unspecified atom stereocenters. The molecule has 0 aliphatic carbocycles. The van der Waals surface area contributed by atoms with Gasteiger partial charge in [-0.25, -0.2) is 5.48 Å². The maximum atomic E-state index is 11.5. The lowest BCUT2D eigenvalue weighted by molar-refractivity contribution is -0.134. The Morgan fingerprint density at radius 2 is 1.79 bits per heavy atom. The van der Waals surface area contributed by atoms with Crippen LogP contribution in [0.5, 0.6) is 11.5 Å². The lowest BCUT2D eigenvalue weighted by Crippen LogP contribution is -2.32. The van der Waals surface area contributed by atoms with Gasteiger partial charge in [0.15, 0.2) is 6.61 Å². The van der Waals surface area contributed by atoms with Crippen molar-refractivity contribution in [1.82, 2.24) is 10.8 Å². The van der Waals surface area contributed by atoms with Gasteiger partial charge in [0, 0.05) is 6.54 Å². The monoisotopic (exact) mass is 400 g/mol. The maximum Gasteiger partial charge on any atom is 0.281 e. The largest absolute Gasteiger partial charge is 0.491 e. The van der Waals surface area contributed by atoms with Crippen LogP contribution in [0.2, 0.25) is 0 Å². The van der Waals surface area contributed by atoms with Crippen LogP contribution < -0.4 is 20.3 Å². The second-order valence-corrected chi connectivity index (χ2v) is 6.29. The van der Waals surface area contributed by atoms with Gasteiger partial charge >= 0.3 is 0 Å². The van der Waals surface area contributed by atoms with Crippen LogP contribution in [-0.2, 0) is 16.1 Å². The van der Waals surface area contributed by atoms with Gasteiger partial charge < -0.3 is 19.9 Å². The third-order valence-corrected chi connectivity index (χ3v) is 3.84. The molecule has 0 spiro atoms. The van der Waals surface area contributed by atoms with Crippen molar-refractivity contribution in [2.24, 2.45) is 0 Å². The van der Waals surface area contributed by atoms with Crippen LogP contribution in [0.15, 0.2) is 67.3 Å². The first-order valence-electron chi connectivity index (χ1n) is 9.47. The second kappa shape index (κ2) is 13.3. The predicted octanol–water partition coefficient (Wildman–Crippen LogP) is 1.87. The van der Waals surface area contributed by atoms with Crippen molar-refractivity contribution in [3.8, 4) is 11.5 Å². The van der Waals surface area contributed by atoms with Crippen LogP contribution in [-0.4, -0.2) is 50.0 Å². The minimum atomic E-state index is -0.576. The first kappa shape index (κ1) is 22.4. The molecule has 0 radical (unpaired) electrons. The number of para-hydroxylation sites is 1. The number of nitrogens with one attached hydrogen (secondary N) is 2. The quantitative estimate of drug-likeness (QED) is 0.255. The fourth-order valence-electron chi connectivity index (χ4n) is 2.38. The van der Waals surface area contributed by atoms with Crippen LogP contribution in [0.3, 0.4) is 0 Å². The van der Waals surface area contributed by atoms with E-state index in [4.69, 9.17) is 14.3 Å². The fraction of sp³-hybridized carbons (Fsp3) is 0.318. The molecule has 0 aliphatic rings. The first-order chi connectivity index (χ1) is 14.2. The number of carbonyl (C=O) groups excluding carboxylic acids is 1. The van der Waals surface area contributed by atoms with Gasteiger partial charge in [-0.1, -0.05) is 36.4 Å². The fourth-order valence-corrected chi connectivity index (χ4v) is 2.38. The minimum absolute atomic E-state index is 0.124. The van der Waals surface area contributed by atoms with Gasteiger partial charge in [-0.15, -0.1) is 6.58 Å². The normalized spacial score (nSPS) is 11.5. The highest BCUT2D eigenvalue weighted by atomic mass is 16.7. The van der Waals surface area contributed by atoms with Gasteiger partial charge in [-0.2, -0.15) is 0 Å². The molecular formula is C22H28N2O5. The Hall–Kier alpha value is -2.87. The Morgan fingerprint density at radius 1 is 1.07 bits per heavy atom. The molecule has 2 aromatic rings. The van der Waals surface area contributed by atoms with E-state index in [-0.39, 0.29) is 25.7 Å². The van der Waals surface area contributed by atoms with Crippen molar-refractivity contribution < 1.29 is 24.2 Å². The lowest BCUT2D eigenvalue weighted by atomic mass is 10.1. The number of aliphatic hydroxyl groups is 1. The Balaban J connectivity index is 1.57. The van der Waals surface area contributed by atoms with Crippen molar-refractivity contribution in [3.63, 3.8) is 0 Å². The number of amides is 1. The van der Waals surface area contributed by atoms with Gasteiger partial charge in [0.25, 0.3) is 5.91 Å². The van der Waals surface area contributed by atoms with Crippen LogP contribution in [0, 0.1) is 0 Å². The number of carbonyl (C=O) groups is 1. The molecule has 0 fully saturated rings. The average Bonchev–Trinajstić information content (AvgIpc) is 2.75. The molecule has 156 valence electrons. The van der Waals surface area contributed by atoms with E-state index in [1.54, 1.807) is 0 Å². The summed E-state index contributed by atoms with van der Waals surface area (Å²) in [6, 6.07) is 16.9. The smallest absolute Gasteiger partial charge is 0.281 e. The van der Waals surface area contributed by atoms with Gasteiger partial charge in [0.1, 0.15) is 24.2 Å². The van der Waals surface area contributed by atoms with Crippen LogP contribution in [0.25, 0.3) is 0 Å². The Morgan fingerprint density at radius 3 is 2.52 bits per heavy atom. The van der Waals surface area contributed by atoms with Crippen molar-refractivity contribution in [3.05, 3.63) is 72.8 Å². The Kier molecular flexibility index (Phi) is 10.3. The lowest BCUT2D eigenvalue weighted by Gasteiger charge is -2.13. The summed E-state index contributed by atoms with van der Waals surface area (Å²) in [5.74, 6) is 0.986. The Labute approximate surface area is 171 Å². The summed E-state index contributed by atoms with van der Waals surface area (Å²) in [5, 5.41) is 13.2. The molecule has 0 saturated carbocycles. The highest BCUT2D eigenvalue weighted by Gasteiger charge is 2.05. The number of aliphatic hydroxyl groups excluding tert-OH is 1. The highest BCUT2D eigenvalue weighted by Crippen LogP contribution is 2.12. The van der Waals surface area contributed by atoms with Crippen molar-refractivity contribution in [2.45, 2.75) is 12.5 Å². The van der Waals surface area contributed by atoms with E-state index in [0.29, 0.717) is 12.3 Å². The van der Waals surface area contributed by atoms with Crippen molar-refractivity contribution >= 4 is 5.91 Å². The zero-order valence-corrected chi connectivity index (χ0v) is 16.4. The zero-order valence-electron chi connectivity index (χ0n) is 16.4. The molecule has 0 aromatic heterocycles. The van der Waals surface area contributed by atoms with E-state index in [9.17, 15) is 9.90 Å². The molecule has 0 saturated heterocycles. The van der Waals surface area contributed by atoms with Crippen LogP contribution in [0.1, 0.15) is 5.56 Å².